The van der Waals surface area contributed by atoms with Crippen LogP contribution in [0.4, 0.5) is 9.59 Å². The van der Waals surface area contributed by atoms with Gasteiger partial charge in [-0.25, -0.2) is 9.59 Å². The highest BCUT2D eigenvalue weighted by atomic mass is 16.7. The predicted octanol–water partition coefficient (Wildman–Crippen LogP) is 5.32. The van der Waals surface area contributed by atoms with Crippen molar-refractivity contribution in [1.29, 1.82) is 0 Å². The molecule has 3 aromatic rings. The number of aryl methyl sites for hydroxylation is 1. The van der Waals surface area contributed by atoms with Crippen LogP contribution in [0.15, 0.2) is 84.9 Å². The third-order valence-electron chi connectivity index (χ3n) is 3.08. The van der Waals surface area contributed by atoms with Crippen molar-refractivity contribution in [2.75, 3.05) is 0 Å². The van der Waals surface area contributed by atoms with E-state index in [-0.39, 0.29) is 0 Å². The summed E-state index contributed by atoms with van der Waals surface area (Å²) in [5.74, 6) is 1.28. The largest absolute Gasteiger partial charge is 0.519 e. The number of hydrogen-bond donors (Lipinski definition) is 1. The molecule has 0 saturated carbocycles. The van der Waals surface area contributed by atoms with Gasteiger partial charge >= 0.3 is 12.3 Å². The van der Waals surface area contributed by atoms with E-state index in [4.69, 9.17) is 14.6 Å². The second-order valence-electron chi connectivity index (χ2n) is 5.26. The summed E-state index contributed by atoms with van der Waals surface area (Å²) in [6.45, 7) is 1.87. The van der Waals surface area contributed by atoms with Crippen LogP contribution in [-0.4, -0.2) is 17.4 Å². The van der Waals surface area contributed by atoms with Crippen LogP contribution >= 0.6 is 0 Å². The van der Waals surface area contributed by atoms with Gasteiger partial charge < -0.3 is 19.3 Å². The molecule has 0 atom stereocenters. The van der Waals surface area contributed by atoms with Gasteiger partial charge in [-0.3, -0.25) is 0 Å². The van der Waals surface area contributed by atoms with Gasteiger partial charge in [0.1, 0.15) is 17.2 Å². The molecule has 6 heteroatoms. The molecule has 0 aliphatic heterocycles. The molecular weight excluding hydrogens is 348 g/mol. The molecule has 0 saturated heterocycles. The average Bonchev–Trinajstić information content (AvgIpc) is 2.63. The molecule has 6 nitrogen and oxygen atoms in total. The number of ether oxygens (including phenoxy) is 3. The lowest BCUT2D eigenvalue weighted by atomic mass is 10.2. The highest BCUT2D eigenvalue weighted by molar-refractivity contribution is 5.66. The van der Waals surface area contributed by atoms with E-state index < -0.39 is 12.3 Å². The Kier molecular flexibility index (Phi) is 7.41. The van der Waals surface area contributed by atoms with E-state index in [2.05, 4.69) is 4.74 Å². The lowest BCUT2D eigenvalue weighted by Gasteiger charge is -2.04. The Balaban J connectivity index is 0.000000208. The zero-order valence-corrected chi connectivity index (χ0v) is 14.6. The molecule has 0 heterocycles. The fraction of sp³-hybridized carbons (Fsp3) is 0.0476. The van der Waals surface area contributed by atoms with Crippen LogP contribution in [0, 0.1) is 6.92 Å². The van der Waals surface area contributed by atoms with Crippen molar-refractivity contribution in [3.05, 3.63) is 90.5 Å². The molecule has 0 aliphatic rings. The number of carbonyl (C=O) groups is 2. The topological polar surface area (TPSA) is 82.1 Å². The molecule has 138 valence electrons. The van der Waals surface area contributed by atoms with Crippen LogP contribution in [0.2, 0.25) is 0 Å². The van der Waals surface area contributed by atoms with Crippen molar-refractivity contribution in [1.82, 2.24) is 0 Å². The van der Waals surface area contributed by atoms with Gasteiger partial charge in [0.05, 0.1) is 0 Å². The summed E-state index contributed by atoms with van der Waals surface area (Å²) in [6.07, 6.45) is -2.02. The lowest BCUT2D eigenvalue weighted by Crippen LogP contribution is -2.13. The van der Waals surface area contributed by atoms with Gasteiger partial charge in [-0.05, 0) is 48.9 Å². The minimum absolute atomic E-state index is 0.359. The van der Waals surface area contributed by atoms with E-state index in [0.717, 1.165) is 5.56 Å². The highest BCUT2D eigenvalue weighted by Gasteiger charge is 2.06. The molecule has 0 unspecified atom stereocenters. The molecular formula is C21H18O6. The fourth-order valence-electron chi connectivity index (χ4n) is 1.97. The van der Waals surface area contributed by atoms with Gasteiger partial charge in [-0.15, -0.1) is 0 Å². The van der Waals surface area contributed by atoms with Crippen molar-refractivity contribution >= 4 is 12.3 Å². The monoisotopic (exact) mass is 366 g/mol. The predicted molar refractivity (Wildman–Crippen MR) is 99.4 cm³/mol. The van der Waals surface area contributed by atoms with Gasteiger partial charge in [-0.2, -0.15) is 0 Å². The summed E-state index contributed by atoms with van der Waals surface area (Å²) in [6, 6.07) is 24.4. The quantitative estimate of drug-likeness (QED) is 0.499. The van der Waals surface area contributed by atoms with Crippen LogP contribution in [0.25, 0.3) is 0 Å². The Morgan fingerprint density at radius 3 is 1.59 bits per heavy atom. The van der Waals surface area contributed by atoms with Crippen molar-refractivity contribution in [3.63, 3.8) is 0 Å². The summed E-state index contributed by atoms with van der Waals surface area (Å²) in [7, 11) is 0. The van der Waals surface area contributed by atoms with E-state index >= 15 is 0 Å². The SMILES string of the molecule is Cc1cccc(OC(=O)O)c1.O=C(Oc1ccccc1)Oc1ccccc1. The van der Waals surface area contributed by atoms with Crippen LogP contribution in [0.5, 0.6) is 17.2 Å². The van der Waals surface area contributed by atoms with Gasteiger partial charge in [0, 0.05) is 0 Å². The minimum atomic E-state index is -1.28. The fourth-order valence-corrected chi connectivity index (χ4v) is 1.97. The van der Waals surface area contributed by atoms with E-state index in [0.29, 0.717) is 17.2 Å². The Hall–Kier alpha value is -3.80. The number of carboxylic acid groups (broad SMARTS) is 1. The Morgan fingerprint density at radius 1 is 0.667 bits per heavy atom. The van der Waals surface area contributed by atoms with Crippen LogP contribution in [0.3, 0.4) is 0 Å². The van der Waals surface area contributed by atoms with Crippen molar-refractivity contribution < 1.29 is 28.9 Å². The van der Waals surface area contributed by atoms with E-state index in [1.54, 1.807) is 66.7 Å². The first-order valence-corrected chi connectivity index (χ1v) is 8.00. The first kappa shape index (κ1) is 19.5. The van der Waals surface area contributed by atoms with E-state index in [9.17, 15) is 9.59 Å². The molecule has 3 aromatic carbocycles. The van der Waals surface area contributed by atoms with Crippen LogP contribution < -0.4 is 14.2 Å². The zero-order chi connectivity index (χ0) is 19.5. The third kappa shape index (κ3) is 7.74. The second kappa shape index (κ2) is 10.2. The van der Waals surface area contributed by atoms with E-state index in [1.165, 1.54) is 0 Å². The molecule has 3 rings (SSSR count). The summed E-state index contributed by atoms with van der Waals surface area (Å²) in [5.41, 5.74) is 0.976. The number of carbonyl (C=O) groups excluding carboxylic acids is 1. The standard InChI is InChI=1S/C13H10O3.C8H8O3/c14-13(15-11-7-3-1-4-8-11)16-12-9-5-2-6-10-12;1-6-3-2-4-7(5-6)11-8(9)10/h1-10H;2-5H,1H3,(H,9,10). The number of hydrogen-bond acceptors (Lipinski definition) is 5. The number of para-hydroxylation sites is 2. The summed E-state index contributed by atoms with van der Waals surface area (Å²) < 4.78 is 14.3. The molecule has 0 aliphatic carbocycles. The highest BCUT2D eigenvalue weighted by Crippen LogP contribution is 2.13. The first-order valence-electron chi connectivity index (χ1n) is 8.00. The molecule has 0 aromatic heterocycles. The molecule has 0 spiro atoms. The average molecular weight is 366 g/mol. The molecule has 0 fully saturated rings. The summed E-state index contributed by atoms with van der Waals surface area (Å²) >= 11 is 0. The Bertz CT molecular complexity index is 819. The van der Waals surface area contributed by atoms with Crippen molar-refractivity contribution in [2.45, 2.75) is 6.92 Å². The normalized spacial score (nSPS) is 9.37. The van der Waals surface area contributed by atoms with Gasteiger partial charge in [0.15, 0.2) is 0 Å². The van der Waals surface area contributed by atoms with Crippen molar-refractivity contribution in [3.8, 4) is 17.2 Å². The van der Waals surface area contributed by atoms with Crippen molar-refractivity contribution in [2.24, 2.45) is 0 Å². The Morgan fingerprint density at radius 2 is 1.15 bits per heavy atom. The van der Waals surface area contributed by atoms with Crippen LogP contribution in [0.1, 0.15) is 5.56 Å². The second-order valence-corrected chi connectivity index (χ2v) is 5.26. The maximum Gasteiger partial charge on any atom is 0.519 e. The number of benzene rings is 3. The smallest absolute Gasteiger partial charge is 0.449 e. The minimum Gasteiger partial charge on any atom is -0.449 e. The molecule has 0 amide bonds. The van der Waals surface area contributed by atoms with Crippen LogP contribution in [-0.2, 0) is 0 Å². The van der Waals surface area contributed by atoms with Gasteiger partial charge in [0.25, 0.3) is 0 Å². The Labute approximate surface area is 156 Å². The van der Waals surface area contributed by atoms with E-state index in [1.807, 2.05) is 25.1 Å². The molecule has 0 bridgehead atoms. The third-order valence-corrected chi connectivity index (χ3v) is 3.08. The molecule has 0 radical (unpaired) electrons. The molecule has 1 N–H and O–H groups in total. The summed E-state index contributed by atoms with van der Waals surface area (Å²) in [5, 5.41) is 8.24. The zero-order valence-electron chi connectivity index (χ0n) is 14.6. The maximum atomic E-state index is 11.3. The number of rotatable bonds is 3. The van der Waals surface area contributed by atoms with Gasteiger partial charge in [-0.1, -0.05) is 48.5 Å². The summed E-state index contributed by atoms with van der Waals surface area (Å²) in [4.78, 5) is 21.4. The maximum absolute atomic E-state index is 11.3. The first-order chi connectivity index (χ1) is 13.0. The van der Waals surface area contributed by atoms with Gasteiger partial charge in [0.2, 0.25) is 0 Å². The molecule has 27 heavy (non-hydrogen) atoms. The lowest BCUT2D eigenvalue weighted by molar-refractivity contribution is 0.144.